The average Bonchev–Trinajstić information content (AvgIpc) is 3.04. The molecular formula is C18H30IN3O2. The predicted octanol–water partition coefficient (Wildman–Crippen LogP) is 2.96. The number of para-hydroxylation sites is 1. The lowest BCUT2D eigenvalue weighted by molar-refractivity contribution is 0.157. The third kappa shape index (κ3) is 5.51. The van der Waals surface area contributed by atoms with Crippen molar-refractivity contribution in [2.45, 2.75) is 19.3 Å². The van der Waals surface area contributed by atoms with Gasteiger partial charge >= 0.3 is 0 Å². The number of hydrogen-bond donors (Lipinski definition) is 1. The SMILES string of the molecule is CN=C(NCC(C)c1ccccc1OC)N1CCC(COC)C1.I. The summed E-state index contributed by atoms with van der Waals surface area (Å²) in [6, 6.07) is 8.19. The molecule has 1 N–H and O–H groups in total. The molecule has 1 aromatic rings. The van der Waals surface area contributed by atoms with Gasteiger partial charge in [-0.15, -0.1) is 24.0 Å². The highest BCUT2D eigenvalue weighted by molar-refractivity contribution is 14.0. The second kappa shape index (κ2) is 10.8. The third-order valence-corrected chi connectivity index (χ3v) is 4.44. The maximum atomic E-state index is 5.46. The number of nitrogens with zero attached hydrogens (tertiary/aromatic N) is 2. The molecule has 1 saturated heterocycles. The number of aliphatic imine (C=N–C) groups is 1. The minimum absolute atomic E-state index is 0. The average molecular weight is 447 g/mol. The molecule has 5 nitrogen and oxygen atoms in total. The molecule has 6 heteroatoms. The Morgan fingerprint density at radius 1 is 1.38 bits per heavy atom. The van der Waals surface area contributed by atoms with Gasteiger partial charge in [-0.3, -0.25) is 4.99 Å². The smallest absolute Gasteiger partial charge is 0.193 e. The van der Waals surface area contributed by atoms with Crippen LogP contribution < -0.4 is 10.1 Å². The Bertz CT molecular complexity index is 525. The molecule has 0 bridgehead atoms. The fourth-order valence-electron chi connectivity index (χ4n) is 3.16. The van der Waals surface area contributed by atoms with E-state index in [-0.39, 0.29) is 24.0 Å². The molecule has 2 atom stereocenters. The highest BCUT2D eigenvalue weighted by atomic mass is 127. The number of ether oxygens (including phenoxy) is 2. The second-order valence-electron chi connectivity index (χ2n) is 6.13. The Morgan fingerprint density at radius 3 is 2.79 bits per heavy atom. The van der Waals surface area contributed by atoms with E-state index in [1.807, 2.05) is 19.2 Å². The normalized spacial score (nSPS) is 18.9. The number of methoxy groups -OCH3 is 2. The first-order valence-electron chi connectivity index (χ1n) is 8.27. The highest BCUT2D eigenvalue weighted by Gasteiger charge is 2.25. The number of halogens is 1. The lowest BCUT2D eigenvalue weighted by Gasteiger charge is -2.24. The van der Waals surface area contributed by atoms with E-state index in [9.17, 15) is 0 Å². The first kappa shape index (κ1) is 21.0. The Balaban J connectivity index is 0.00000288. The van der Waals surface area contributed by atoms with E-state index in [1.54, 1.807) is 14.2 Å². The molecule has 0 radical (unpaired) electrons. The van der Waals surface area contributed by atoms with Gasteiger partial charge in [0.05, 0.1) is 13.7 Å². The highest BCUT2D eigenvalue weighted by Crippen LogP contribution is 2.25. The fourth-order valence-corrected chi connectivity index (χ4v) is 3.16. The van der Waals surface area contributed by atoms with Crippen LogP contribution in [0.2, 0.25) is 0 Å². The fraction of sp³-hybridized carbons (Fsp3) is 0.611. The molecule has 0 saturated carbocycles. The minimum atomic E-state index is 0. The van der Waals surface area contributed by atoms with Gasteiger partial charge in [-0.1, -0.05) is 25.1 Å². The van der Waals surface area contributed by atoms with Gasteiger partial charge in [0.25, 0.3) is 0 Å². The number of rotatable bonds is 6. The molecule has 136 valence electrons. The molecule has 1 fully saturated rings. The quantitative estimate of drug-likeness (QED) is 0.414. The van der Waals surface area contributed by atoms with Crippen molar-refractivity contribution in [1.29, 1.82) is 0 Å². The molecule has 1 aliphatic heterocycles. The zero-order valence-corrected chi connectivity index (χ0v) is 17.4. The van der Waals surface area contributed by atoms with Gasteiger partial charge in [0.2, 0.25) is 0 Å². The minimum Gasteiger partial charge on any atom is -0.496 e. The van der Waals surface area contributed by atoms with Gasteiger partial charge in [0, 0.05) is 45.6 Å². The summed E-state index contributed by atoms with van der Waals surface area (Å²) in [6.45, 7) is 5.91. The van der Waals surface area contributed by atoms with Crippen LogP contribution in [0, 0.1) is 5.92 Å². The summed E-state index contributed by atoms with van der Waals surface area (Å²) in [5.41, 5.74) is 1.22. The van der Waals surface area contributed by atoms with Crippen LogP contribution in [0.5, 0.6) is 5.75 Å². The van der Waals surface area contributed by atoms with E-state index < -0.39 is 0 Å². The molecule has 1 aliphatic rings. The maximum Gasteiger partial charge on any atom is 0.193 e. The first-order valence-corrected chi connectivity index (χ1v) is 8.27. The molecule has 0 amide bonds. The van der Waals surface area contributed by atoms with Crippen molar-refractivity contribution in [3.8, 4) is 5.75 Å². The number of hydrogen-bond acceptors (Lipinski definition) is 3. The summed E-state index contributed by atoms with van der Waals surface area (Å²) in [6.07, 6.45) is 1.16. The molecule has 2 rings (SSSR count). The zero-order chi connectivity index (χ0) is 16.7. The van der Waals surface area contributed by atoms with E-state index in [2.05, 4.69) is 34.3 Å². The molecule has 2 unspecified atom stereocenters. The largest absolute Gasteiger partial charge is 0.496 e. The van der Waals surface area contributed by atoms with Crippen molar-refractivity contribution >= 4 is 29.9 Å². The van der Waals surface area contributed by atoms with Crippen LogP contribution in [0.1, 0.15) is 24.8 Å². The number of likely N-dealkylation sites (tertiary alicyclic amines) is 1. The second-order valence-corrected chi connectivity index (χ2v) is 6.13. The van der Waals surface area contributed by atoms with Gasteiger partial charge in [0.1, 0.15) is 5.75 Å². The standard InChI is InChI=1S/C18H29N3O2.HI/c1-14(16-7-5-6-8-17(16)23-4)11-20-18(19-2)21-10-9-15(12-21)13-22-3;/h5-8,14-15H,9-13H2,1-4H3,(H,19,20);1H. The summed E-state index contributed by atoms with van der Waals surface area (Å²) in [5.74, 6) is 2.87. The van der Waals surface area contributed by atoms with E-state index in [0.29, 0.717) is 11.8 Å². The van der Waals surface area contributed by atoms with Gasteiger partial charge in [-0.25, -0.2) is 0 Å². The van der Waals surface area contributed by atoms with E-state index >= 15 is 0 Å². The number of guanidine groups is 1. The van der Waals surface area contributed by atoms with E-state index in [4.69, 9.17) is 9.47 Å². The summed E-state index contributed by atoms with van der Waals surface area (Å²) >= 11 is 0. The van der Waals surface area contributed by atoms with E-state index in [1.165, 1.54) is 5.56 Å². The third-order valence-electron chi connectivity index (χ3n) is 4.44. The molecule has 1 heterocycles. The maximum absolute atomic E-state index is 5.46. The van der Waals surface area contributed by atoms with Crippen molar-refractivity contribution in [3.05, 3.63) is 29.8 Å². The Morgan fingerprint density at radius 2 is 2.12 bits per heavy atom. The Kier molecular flexibility index (Phi) is 9.43. The zero-order valence-electron chi connectivity index (χ0n) is 15.1. The first-order chi connectivity index (χ1) is 11.2. The van der Waals surface area contributed by atoms with Gasteiger partial charge in [0.15, 0.2) is 5.96 Å². The van der Waals surface area contributed by atoms with Crippen LogP contribution >= 0.6 is 24.0 Å². The Hall–Kier alpha value is -1.02. The number of benzene rings is 1. The lowest BCUT2D eigenvalue weighted by Crippen LogP contribution is -2.41. The van der Waals surface area contributed by atoms with Crippen LogP contribution in [0.15, 0.2) is 29.3 Å². The van der Waals surface area contributed by atoms with Crippen molar-refractivity contribution in [3.63, 3.8) is 0 Å². The van der Waals surface area contributed by atoms with Crippen molar-refractivity contribution < 1.29 is 9.47 Å². The lowest BCUT2D eigenvalue weighted by atomic mass is 10.0. The van der Waals surface area contributed by atoms with Crippen molar-refractivity contribution in [1.82, 2.24) is 10.2 Å². The molecule has 0 aliphatic carbocycles. The van der Waals surface area contributed by atoms with Crippen LogP contribution in [-0.4, -0.2) is 58.4 Å². The van der Waals surface area contributed by atoms with Gasteiger partial charge < -0.3 is 19.7 Å². The topological polar surface area (TPSA) is 46.1 Å². The number of nitrogens with one attached hydrogen (secondary N) is 1. The summed E-state index contributed by atoms with van der Waals surface area (Å²) in [7, 11) is 5.34. The van der Waals surface area contributed by atoms with Crippen LogP contribution in [-0.2, 0) is 4.74 Å². The van der Waals surface area contributed by atoms with E-state index in [0.717, 1.165) is 44.4 Å². The van der Waals surface area contributed by atoms with Crippen molar-refractivity contribution in [2.75, 3.05) is 47.5 Å². The molecule has 1 aromatic carbocycles. The van der Waals surface area contributed by atoms with Crippen LogP contribution in [0.25, 0.3) is 0 Å². The Labute approximate surface area is 162 Å². The van der Waals surface area contributed by atoms with Crippen LogP contribution in [0.3, 0.4) is 0 Å². The molecule has 0 aromatic heterocycles. The summed E-state index contributed by atoms with van der Waals surface area (Å²) < 4.78 is 10.7. The molecular weight excluding hydrogens is 417 g/mol. The predicted molar refractivity (Wildman–Crippen MR) is 110 cm³/mol. The molecule has 0 spiro atoms. The summed E-state index contributed by atoms with van der Waals surface area (Å²) in [5, 5.41) is 3.50. The molecule has 24 heavy (non-hydrogen) atoms. The van der Waals surface area contributed by atoms with Gasteiger partial charge in [-0.2, -0.15) is 0 Å². The van der Waals surface area contributed by atoms with Gasteiger partial charge in [-0.05, 0) is 18.1 Å². The monoisotopic (exact) mass is 447 g/mol. The summed E-state index contributed by atoms with van der Waals surface area (Å²) in [4.78, 5) is 6.75. The van der Waals surface area contributed by atoms with Crippen molar-refractivity contribution in [2.24, 2.45) is 10.9 Å². The van der Waals surface area contributed by atoms with Crippen LogP contribution in [0.4, 0.5) is 0 Å².